The van der Waals surface area contributed by atoms with Gasteiger partial charge in [0, 0.05) is 16.8 Å². The number of nitrogens with zero attached hydrogens (tertiary/aromatic N) is 3. The number of amides is 1. The molecule has 3 rings (SSSR count). The van der Waals surface area contributed by atoms with Crippen molar-refractivity contribution in [3.8, 4) is 0 Å². The van der Waals surface area contributed by atoms with Crippen LogP contribution in [0, 0.1) is 6.92 Å². The summed E-state index contributed by atoms with van der Waals surface area (Å²) >= 11 is 5.91. The van der Waals surface area contributed by atoms with Crippen LogP contribution < -0.4 is 15.7 Å². The molecular formula is C17H15ClN5O2-. The van der Waals surface area contributed by atoms with Crippen molar-refractivity contribution in [2.75, 3.05) is 10.6 Å². The summed E-state index contributed by atoms with van der Waals surface area (Å²) in [5.41, 5.74) is 3.87. The first kappa shape index (κ1) is 16.9. The molecule has 2 N–H and O–H groups in total. The van der Waals surface area contributed by atoms with Gasteiger partial charge in [0.25, 0.3) is 0 Å². The molecule has 0 radical (unpaired) electrons. The molecule has 0 fully saturated rings. The van der Waals surface area contributed by atoms with E-state index in [0.29, 0.717) is 21.9 Å². The summed E-state index contributed by atoms with van der Waals surface area (Å²) in [5.74, 6) is 0.113. The smallest absolute Gasteiger partial charge is 0.182 e. The summed E-state index contributed by atoms with van der Waals surface area (Å²) in [6.45, 7) is 3.84. The Morgan fingerprint density at radius 3 is 2.56 bits per heavy atom. The number of rotatable bonds is 4. The Bertz CT molecular complexity index is 944. The number of aromatic nitrogens is 3. The van der Waals surface area contributed by atoms with Crippen LogP contribution in [0.1, 0.15) is 18.3 Å². The van der Waals surface area contributed by atoms with E-state index in [4.69, 9.17) is 11.6 Å². The number of anilines is 3. The van der Waals surface area contributed by atoms with Crippen LogP contribution in [0.3, 0.4) is 0 Å². The summed E-state index contributed by atoms with van der Waals surface area (Å²) in [4.78, 5) is 24.1. The molecule has 8 heteroatoms. The molecule has 0 spiro atoms. The van der Waals surface area contributed by atoms with Crippen LogP contribution in [-0.2, 0) is 6.42 Å². The molecule has 0 aliphatic rings. The highest BCUT2D eigenvalue weighted by Crippen LogP contribution is 2.27. The van der Waals surface area contributed by atoms with Crippen molar-refractivity contribution in [2.45, 2.75) is 20.3 Å². The first-order valence-corrected chi connectivity index (χ1v) is 8.03. The fraction of sp³-hybridized carbons (Fsp3) is 0.176. The predicted molar refractivity (Wildman–Crippen MR) is 95.2 cm³/mol. The average Bonchev–Trinajstić information content (AvgIpc) is 2.55. The van der Waals surface area contributed by atoms with Gasteiger partial charge in [-0.2, -0.15) is 0 Å². The van der Waals surface area contributed by atoms with E-state index in [1.54, 1.807) is 18.2 Å². The van der Waals surface area contributed by atoms with Crippen molar-refractivity contribution < 1.29 is 9.90 Å². The highest BCUT2D eigenvalue weighted by molar-refractivity contribution is 6.30. The van der Waals surface area contributed by atoms with E-state index >= 15 is 0 Å². The lowest BCUT2D eigenvalue weighted by Gasteiger charge is -2.14. The Labute approximate surface area is 149 Å². The van der Waals surface area contributed by atoms with E-state index in [-0.39, 0.29) is 5.82 Å². The third kappa shape index (κ3) is 3.77. The second-order valence-corrected chi connectivity index (χ2v) is 5.82. The normalized spacial score (nSPS) is 10.7. The molecule has 2 heterocycles. The SMILES string of the molecule is CCc1nc2c(Nc3ccc(Cl)cc3)cc(NC(=O)[O-])nc2nc1C. The second kappa shape index (κ2) is 6.90. The van der Waals surface area contributed by atoms with Gasteiger partial charge in [0.05, 0.1) is 17.1 Å². The number of hydrogen-bond acceptors (Lipinski definition) is 6. The highest BCUT2D eigenvalue weighted by atomic mass is 35.5. The van der Waals surface area contributed by atoms with Gasteiger partial charge in [0.2, 0.25) is 0 Å². The molecule has 0 unspecified atom stereocenters. The standard InChI is InChI=1S/C17H16ClN5O2/c1-3-12-9(2)19-16-15(21-12)13(8-14(22-16)23-17(24)25)20-11-6-4-10(18)5-7-11/h4-8H,3H2,1-2H3,(H,24,25)(H2,19,20,22,23)/p-1. The number of pyridine rings is 1. The van der Waals surface area contributed by atoms with Crippen molar-refractivity contribution in [3.63, 3.8) is 0 Å². The van der Waals surface area contributed by atoms with Gasteiger partial charge in [0.1, 0.15) is 17.4 Å². The molecule has 0 saturated heterocycles. The first-order chi connectivity index (χ1) is 12.0. The summed E-state index contributed by atoms with van der Waals surface area (Å²) in [6, 6.07) is 8.67. The fourth-order valence-corrected chi connectivity index (χ4v) is 2.57. The van der Waals surface area contributed by atoms with Crippen molar-refractivity contribution in [1.29, 1.82) is 0 Å². The Kier molecular flexibility index (Phi) is 4.67. The predicted octanol–water partition coefficient (Wildman–Crippen LogP) is 3.05. The maximum Gasteiger partial charge on any atom is 0.182 e. The lowest BCUT2D eigenvalue weighted by Crippen LogP contribution is -2.29. The van der Waals surface area contributed by atoms with Crippen LogP contribution >= 0.6 is 11.6 Å². The van der Waals surface area contributed by atoms with E-state index in [2.05, 4.69) is 25.6 Å². The summed E-state index contributed by atoms with van der Waals surface area (Å²) in [6.07, 6.45) is -0.715. The third-order valence-corrected chi connectivity index (χ3v) is 3.85. The van der Waals surface area contributed by atoms with E-state index in [0.717, 1.165) is 23.5 Å². The minimum absolute atomic E-state index is 0.113. The molecule has 7 nitrogen and oxygen atoms in total. The van der Waals surface area contributed by atoms with E-state index in [1.165, 1.54) is 0 Å². The van der Waals surface area contributed by atoms with Gasteiger partial charge in [-0.05, 0) is 37.6 Å². The van der Waals surface area contributed by atoms with Crippen molar-refractivity contribution in [1.82, 2.24) is 15.0 Å². The Morgan fingerprint density at radius 1 is 1.20 bits per heavy atom. The van der Waals surface area contributed by atoms with Gasteiger partial charge in [-0.3, -0.25) is 0 Å². The van der Waals surface area contributed by atoms with Crippen molar-refractivity contribution >= 4 is 46.1 Å². The number of benzene rings is 1. The largest absolute Gasteiger partial charge is 0.530 e. The minimum atomic E-state index is -1.45. The van der Waals surface area contributed by atoms with Gasteiger partial charge < -0.3 is 20.5 Å². The molecule has 25 heavy (non-hydrogen) atoms. The van der Waals surface area contributed by atoms with Crippen LogP contribution in [0.5, 0.6) is 0 Å². The monoisotopic (exact) mass is 356 g/mol. The number of aryl methyl sites for hydroxylation is 2. The molecule has 0 bridgehead atoms. The zero-order valence-corrected chi connectivity index (χ0v) is 14.4. The van der Waals surface area contributed by atoms with Crippen LogP contribution in [0.4, 0.5) is 22.0 Å². The number of carbonyl (C=O) groups excluding carboxylic acids is 1. The molecule has 0 aliphatic carbocycles. The molecular weight excluding hydrogens is 342 g/mol. The topological polar surface area (TPSA) is 103 Å². The average molecular weight is 357 g/mol. The van der Waals surface area contributed by atoms with Gasteiger partial charge in [-0.25, -0.2) is 15.0 Å². The number of carboxylic acid groups (broad SMARTS) is 1. The highest BCUT2D eigenvalue weighted by Gasteiger charge is 2.12. The van der Waals surface area contributed by atoms with Crippen LogP contribution in [-0.4, -0.2) is 21.0 Å². The fourth-order valence-electron chi connectivity index (χ4n) is 2.44. The van der Waals surface area contributed by atoms with Gasteiger partial charge >= 0.3 is 0 Å². The van der Waals surface area contributed by atoms with Gasteiger partial charge in [-0.1, -0.05) is 18.5 Å². The minimum Gasteiger partial charge on any atom is -0.530 e. The molecule has 1 aromatic carbocycles. The summed E-state index contributed by atoms with van der Waals surface area (Å²) in [7, 11) is 0. The van der Waals surface area contributed by atoms with Gasteiger partial charge in [-0.15, -0.1) is 0 Å². The zero-order valence-electron chi connectivity index (χ0n) is 13.6. The van der Waals surface area contributed by atoms with Crippen LogP contribution in [0.25, 0.3) is 11.2 Å². The lowest BCUT2D eigenvalue weighted by atomic mass is 10.2. The van der Waals surface area contributed by atoms with E-state index < -0.39 is 6.09 Å². The third-order valence-electron chi connectivity index (χ3n) is 3.60. The Hall–Kier alpha value is -2.93. The number of halogens is 1. The lowest BCUT2D eigenvalue weighted by molar-refractivity contribution is -0.242. The number of hydrogen-bond donors (Lipinski definition) is 2. The summed E-state index contributed by atoms with van der Waals surface area (Å²) < 4.78 is 0. The molecule has 0 atom stereocenters. The molecule has 3 aromatic rings. The summed E-state index contributed by atoms with van der Waals surface area (Å²) in [5, 5.41) is 16.8. The van der Waals surface area contributed by atoms with E-state index in [1.807, 2.05) is 26.0 Å². The molecule has 1 amide bonds. The molecule has 128 valence electrons. The second-order valence-electron chi connectivity index (χ2n) is 5.38. The van der Waals surface area contributed by atoms with E-state index in [9.17, 15) is 9.90 Å². The molecule has 0 saturated carbocycles. The van der Waals surface area contributed by atoms with Crippen molar-refractivity contribution in [2.24, 2.45) is 0 Å². The first-order valence-electron chi connectivity index (χ1n) is 7.65. The Balaban J connectivity index is 2.14. The number of nitrogens with one attached hydrogen (secondary N) is 2. The number of carbonyl (C=O) groups is 1. The Morgan fingerprint density at radius 2 is 1.92 bits per heavy atom. The zero-order chi connectivity index (χ0) is 18.0. The van der Waals surface area contributed by atoms with Crippen molar-refractivity contribution in [3.05, 3.63) is 46.7 Å². The maximum atomic E-state index is 10.8. The maximum absolute atomic E-state index is 10.8. The molecule has 2 aromatic heterocycles. The quantitative estimate of drug-likeness (QED) is 0.744. The number of fused-ring (bicyclic) bond motifs is 1. The van der Waals surface area contributed by atoms with Crippen LogP contribution in [0.15, 0.2) is 30.3 Å². The van der Waals surface area contributed by atoms with Crippen LogP contribution in [0.2, 0.25) is 5.02 Å². The molecule has 0 aliphatic heterocycles. The van der Waals surface area contributed by atoms with Gasteiger partial charge in [0.15, 0.2) is 5.65 Å².